The van der Waals surface area contributed by atoms with Crippen LogP contribution in [0.25, 0.3) is 0 Å². The molecule has 5 rings (SSSR count). The first-order valence-electron chi connectivity index (χ1n) is 17.2. The number of benzene rings is 2. The van der Waals surface area contributed by atoms with Crippen LogP contribution in [-0.2, 0) is 4.79 Å². The smallest absolute Gasteiger partial charge is 0.275 e. The molecule has 2 aromatic carbocycles. The molecule has 1 saturated carbocycles. The highest BCUT2D eigenvalue weighted by Crippen LogP contribution is 2.50. The highest BCUT2D eigenvalue weighted by atomic mass is 35.5. The zero-order chi connectivity index (χ0) is 34.9. The maximum atomic E-state index is 14.8. The lowest BCUT2D eigenvalue weighted by atomic mass is 9.69. The van der Waals surface area contributed by atoms with Crippen molar-refractivity contribution in [2.24, 2.45) is 26.8 Å². The molecule has 10 nitrogen and oxygen atoms in total. The molecule has 4 N–H and O–H groups in total. The Hall–Kier alpha value is -3.63. The molecule has 0 saturated heterocycles. The molecule has 0 radical (unpaired) electrons. The summed E-state index contributed by atoms with van der Waals surface area (Å²) >= 11 is 6.69. The minimum atomic E-state index is -0.663. The summed E-state index contributed by atoms with van der Waals surface area (Å²) in [6.45, 7) is 17.8. The Labute approximate surface area is 290 Å². The average Bonchev–Trinajstić information content (AvgIpc) is 3.63. The van der Waals surface area contributed by atoms with Gasteiger partial charge in [0, 0.05) is 11.1 Å². The Morgan fingerprint density at radius 3 is 2.33 bits per heavy atom. The van der Waals surface area contributed by atoms with Gasteiger partial charge in [0.25, 0.3) is 11.8 Å². The second-order valence-electron chi connectivity index (χ2n) is 15.9. The minimum absolute atomic E-state index is 0.0232. The fraction of sp³-hybridized carbons (Fsp3) is 0.568. The Balaban J connectivity index is 1.50. The predicted molar refractivity (Wildman–Crippen MR) is 192 cm³/mol. The van der Waals surface area contributed by atoms with Crippen molar-refractivity contribution < 1.29 is 14.3 Å². The number of hydrogen-bond donors (Lipinski definition) is 4. The Morgan fingerprint density at radius 2 is 1.77 bits per heavy atom. The monoisotopic (exact) mass is 677 g/mol. The van der Waals surface area contributed by atoms with Crippen LogP contribution in [0.1, 0.15) is 121 Å². The molecule has 3 aliphatic rings. The molecule has 48 heavy (non-hydrogen) atoms. The summed E-state index contributed by atoms with van der Waals surface area (Å²) in [6.07, 6.45) is 5.21. The third kappa shape index (κ3) is 8.14. The van der Waals surface area contributed by atoms with E-state index in [1.54, 1.807) is 0 Å². The standard InChI is InChI=1S/C37H52ClN7O3/c1-23(2)48-30-14-13-26(21-28(30)38)32-34(47)45(37(40-32)19-15-27(16-20-37)36(6,7)8)29(17-18-35(3,4)5)24-9-11-25(12-10-24)33(46)39-22-31-41-43-44-42-31/h9-14,21,23,27,29,43-44H,15-20,22H2,1-8H3,(H,39,46)(H,41,42)/t27?,29-,37?/m1/s1. The second kappa shape index (κ2) is 14.1. The third-order valence-electron chi connectivity index (χ3n) is 9.68. The van der Waals surface area contributed by atoms with Gasteiger partial charge in [0.1, 0.15) is 17.1 Å². The van der Waals surface area contributed by atoms with E-state index in [0.717, 1.165) is 44.1 Å². The van der Waals surface area contributed by atoms with Gasteiger partial charge in [-0.2, -0.15) is 0 Å². The highest BCUT2D eigenvalue weighted by Gasteiger charge is 2.52. The number of aliphatic imine (C=N–C) groups is 1. The lowest BCUT2D eigenvalue weighted by Crippen LogP contribution is -2.51. The second-order valence-corrected chi connectivity index (χ2v) is 16.3. The molecule has 2 aliphatic heterocycles. The van der Waals surface area contributed by atoms with Crippen molar-refractivity contribution in [3.63, 3.8) is 0 Å². The van der Waals surface area contributed by atoms with Crippen molar-refractivity contribution in [2.45, 2.75) is 112 Å². The van der Waals surface area contributed by atoms with E-state index in [0.29, 0.717) is 39.4 Å². The van der Waals surface area contributed by atoms with Crippen molar-refractivity contribution in [1.29, 1.82) is 0 Å². The molecule has 1 aliphatic carbocycles. The zero-order valence-corrected chi connectivity index (χ0v) is 30.4. The van der Waals surface area contributed by atoms with Crippen LogP contribution in [0.15, 0.2) is 52.6 Å². The zero-order valence-electron chi connectivity index (χ0n) is 29.7. The molecule has 1 atom stereocenters. The number of nitrogens with zero attached hydrogens (tertiary/aromatic N) is 3. The summed E-state index contributed by atoms with van der Waals surface area (Å²) in [5.41, 5.74) is 10.3. The normalized spacial score (nSPS) is 21.9. The lowest BCUT2D eigenvalue weighted by molar-refractivity contribution is -0.134. The maximum Gasteiger partial charge on any atom is 0.275 e. The summed E-state index contributed by atoms with van der Waals surface area (Å²) < 4.78 is 5.88. The first-order valence-corrected chi connectivity index (χ1v) is 17.5. The Kier molecular flexibility index (Phi) is 10.5. The van der Waals surface area contributed by atoms with Crippen LogP contribution in [0.4, 0.5) is 0 Å². The third-order valence-corrected chi connectivity index (χ3v) is 9.97. The largest absolute Gasteiger partial charge is 0.489 e. The van der Waals surface area contributed by atoms with Gasteiger partial charge in [-0.1, -0.05) is 65.3 Å². The predicted octanol–water partition coefficient (Wildman–Crippen LogP) is 6.91. The number of ether oxygens (including phenoxy) is 1. The van der Waals surface area contributed by atoms with Crippen LogP contribution in [-0.4, -0.2) is 46.6 Å². The number of amidine groups is 1. The summed E-state index contributed by atoms with van der Waals surface area (Å²) in [6, 6.07) is 13.0. The fourth-order valence-corrected chi connectivity index (χ4v) is 7.20. The lowest BCUT2D eigenvalue weighted by Gasteiger charge is -2.47. The molecule has 2 heterocycles. The Morgan fingerprint density at radius 1 is 1.08 bits per heavy atom. The number of carbonyl (C=O) groups is 2. The van der Waals surface area contributed by atoms with Crippen LogP contribution in [0.2, 0.25) is 5.02 Å². The number of hydrogen-bond acceptors (Lipinski definition) is 8. The van der Waals surface area contributed by atoms with E-state index >= 15 is 0 Å². The van der Waals surface area contributed by atoms with Crippen LogP contribution in [0.5, 0.6) is 5.75 Å². The van der Waals surface area contributed by atoms with Crippen molar-refractivity contribution >= 4 is 35.0 Å². The number of rotatable bonds is 10. The van der Waals surface area contributed by atoms with E-state index in [1.165, 1.54) is 0 Å². The fourth-order valence-electron chi connectivity index (χ4n) is 6.97. The van der Waals surface area contributed by atoms with E-state index in [4.69, 9.17) is 21.3 Å². The average molecular weight is 678 g/mol. The number of amides is 2. The van der Waals surface area contributed by atoms with Crippen molar-refractivity contribution in [2.75, 3.05) is 6.54 Å². The van der Waals surface area contributed by atoms with E-state index in [9.17, 15) is 9.59 Å². The first kappa shape index (κ1) is 35.7. The first-order chi connectivity index (χ1) is 22.6. The van der Waals surface area contributed by atoms with Crippen LogP contribution in [0.3, 0.4) is 0 Å². The molecule has 0 aromatic heterocycles. The molecule has 1 spiro atoms. The molecular formula is C37H52ClN7O3. The van der Waals surface area contributed by atoms with Gasteiger partial charge in [0.15, 0.2) is 5.84 Å². The summed E-state index contributed by atoms with van der Waals surface area (Å²) in [4.78, 5) is 35.2. The molecule has 11 heteroatoms. The van der Waals surface area contributed by atoms with E-state index in [-0.39, 0.29) is 41.3 Å². The molecule has 0 unspecified atom stereocenters. The summed E-state index contributed by atoms with van der Waals surface area (Å²) in [7, 11) is 0. The number of nitrogens with one attached hydrogen (secondary N) is 4. The van der Waals surface area contributed by atoms with Gasteiger partial charge in [-0.25, -0.2) is 5.53 Å². The van der Waals surface area contributed by atoms with Gasteiger partial charge in [-0.3, -0.25) is 20.0 Å². The van der Waals surface area contributed by atoms with Gasteiger partial charge in [0.05, 0.1) is 23.7 Å². The molecule has 2 aromatic rings. The molecule has 260 valence electrons. The topological polar surface area (TPSA) is 119 Å². The van der Waals surface area contributed by atoms with Gasteiger partial charge in [0.2, 0.25) is 0 Å². The van der Waals surface area contributed by atoms with Gasteiger partial charge < -0.3 is 15.0 Å². The van der Waals surface area contributed by atoms with Crippen LogP contribution < -0.4 is 26.5 Å². The number of halogens is 1. The molecule has 0 bridgehead atoms. The van der Waals surface area contributed by atoms with Crippen molar-refractivity contribution in [3.05, 3.63) is 64.2 Å². The minimum Gasteiger partial charge on any atom is -0.489 e. The van der Waals surface area contributed by atoms with Gasteiger partial charge >= 0.3 is 0 Å². The Bertz CT molecular complexity index is 1550. The number of hydrazone groups is 1. The maximum absolute atomic E-state index is 14.8. The van der Waals surface area contributed by atoms with E-state index in [1.807, 2.05) is 56.3 Å². The van der Waals surface area contributed by atoms with E-state index < -0.39 is 5.66 Å². The van der Waals surface area contributed by atoms with Crippen molar-refractivity contribution in [1.82, 2.24) is 26.7 Å². The highest BCUT2D eigenvalue weighted by molar-refractivity contribution is 6.47. The van der Waals surface area contributed by atoms with Crippen LogP contribution in [0, 0.1) is 16.7 Å². The molecule has 1 fully saturated rings. The van der Waals surface area contributed by atoms with Crippen molar-refractivity contribution in [3.8, 4) is 5.75 Å². The summed E-state index contributed by atoms with van der Waals surface area (Å²) in [5.74, 6) is 1.44. The van der Waals surface area contributed by atoms with Crippen LogP contribution >= 0.6 is 11.6 Å². The van der Waals surface area contributed by atoms with Gasteiger partial charge in [-0.15, -0.1) is 10.6 Å². The SMILES string of the molecule is CC(C)Oc1ccc(C2=NC3(CCC(C(C)(C)C)CC3)N([C@H](CCC(C)(C)C)c3ccc(C(=O)NCC4=NNNN4)cc3)C2=O)cc1Cl. The summed E-state index contributed by atoms with van der Waals surface area (Å²) in [5, 5.41) is 7.35. The number of carbonyl (C=O) groups excluding carboxylic acids is 2. The van der Waals surface area contributed by atoms with E-state index in [2.05, 4.69) is 73.4 Å². The van der Waals surface area contributed by atoms with Gasteiger partial charge in [-0.05, 0) is 105 Å². The molecule has 2 amide bonds. The molecular weight excluding hydrogens is 626 g/mol. The quantitative estimate of drug-likeness (QED) is 0.217. The number of hydrazine groups is 2.